The summed E-state index contributed by atoms with van der Waals surface area (Å²) in [6.07, 6.45) is 2.41. The molecule has 0 spiro atoms. The third kappa shape index (κ3) is 2.96. The zero-order valence-electron chi connectivity index (χ0n) is 9.59. The molecule has 7 nitrogen and oxygen atoms in total. The summed E-state index contributed by atoms with van der Waals surface area (Å²) in [5, 5.41) is 2.69. The molecule has 8 heteroatoms. The molecule has 1 aromatic rings. The van der Waals surface area contributed by atoms with E-state index in [0.717, 1.165) is 0 Å². The Bertz CT molecular complexity index is 558. The van der Waals surface area contributed by atoms with E-state index in [1.165, 1.54) is 18.3 Å². The molecule has 0 bridgehead atoms. The van der Waals surface area contributed by atoms with Crippen LogP contribution in [-0.4, -0.2) is 31.9 Å². The highest BCUT2D eigenvalue weighted by Gasteiger charge is 2.23. The number of pyridine rings is 1. The van der Waals surface area contributed by atoms with Gasteiger partial charge in [0.25, 0.3) is 0 Å². The molecule has 1 aromatic heterocycles. The summed E-state index contributed by atoms with van der Waals surface area (Å²) < 4.78 is 26.3. The normalized spacial score (nSPS) is 19.8. The monoisotopic (exact) mass is 270 g/mol. The van der Waals surface area contributed by atoms with Crippen molar-refractivity contribution in [3.8, 4) is 0 Å². The van der Waals surface area contributed by atoms with Gasteiger partial charge >= 0.3 is 0 Å². The van der Waals surface area contributed by atoms with Crippen LogP contribution in [0.1, 0.15) is 12.8 Å². The predicted octanol–water partition coefficient (Wildman–Crippen LogP) is -0.779. The molecular weight excluding hydrogens is 256 g/mol. The Balaban J connectivity index is 2.01. The van der Waals surface area contributed by atoms with E-state index in [9.17, 15) is 13.2 Å². The molecule has 98 valence electrons. The Morgan fingerprint density at radius 3 is 2.94 bits per heavy atom. The molecule has 0 aromatic carbocycles. The first-order valence-electron chi connectivity index (χ1n) is 5.48. The standard InChI is InChI=1S/C10H14N4O3S/c11-9-5-8(3-4-12-9)18(16,17)13-6-7-1-2-10(15)14-7/h3-5,7,13H,1-2,6H2,(H2,11,12)(H,14,15). The van der Waals surface area contributed by atoms with E-state index in [2.05, 4.69) is 15.0 Å². The number of carbonyl (C=O) groups is 1. The molecule has 2 rings (SSSR count). The number of anilines is 1. The van der Waals surface area contributed by atoms with Crippen molar-refractivity contribution >= 4 is 21.7 Å². The van der Waals surface area contributed by atoms with Crippen LogP contribution < -0.4 is 15.8 Å². The highest BCUT2D eigenvalue weighted by atomic mass is 32.2. The van der Waals surface area contributed by atoms with Gasteiger partial charge in [-0.05, 0) is 12.5 Å². The van der Waals surface area contributed by atoms with Gasteiger partial charge in [0.1, 0.15) is 5.82 Å². The lowest BCUT2D eigenvalue weighted by Crippen LogP contribution is -2.38. The van der Waals surface area contributed by atoms with Gasteiger partial charge in [0, 0.05) is 31.3 Å². The van der Waals surface area contributed by atoms with Crippen molar-refractivity contribution < 1.29 is 13.2 Å². The van der Waals surface area contributed by atoms with Crippen molar-refractivity contribution in [3.05, 3.63) is 18.3 Å². The summed E-state index contributed by atoms with van der Waals surface area (Å²) in [6.45, 7) is 0.177. The second kappa shape index (κ2) is 4.91. The number of nitrogens with zero attached hydrogens (tertiary/aromatic N) is 1. The van der Waals surface area contributed by atoms with Gasteiger partial charge in [-0.1, -0.05) is 0 Å². The fraction of sp³-hybridized carbons (Fsp3) is 0.400. The lowest BCUT2D eigenvalue weighted by molar-refractivity contribution is -0.119. The van der Waals surface area contributed by atoms with Crippen LogP contribution in [0.2, 0.25) is 0 Å². The third-order valence-electron chi connectivity index (χ3n) is 2.67. The average Bonchev–Trinajstić information content (AvgIpc) is 2.73. The van der Waals surface area contributed by atoms with Gasteiger partial charge in [-0.15, -0.1) is 0 Å². The number of nitrogens with two attached hydrogens (primary N) is 1. The zero-order chi connectivity index (χ0) is 13.2. The van der Waals surface area contributed by atoms with Crippen LogP contribution >= 0.6 is 0 Å². The first-order chi connectivity index (χ1) is 8.47. The topological polar surface area (TPSA) is 114 Å². The van der Waals surface area contributed by atoms with Gasteiger partial charge in [0.2, 0.25) is 15.9 Å². The number of amides is 1. The second-order valence-electron chi connectivity index (χ2n) is 4.07. The number of nitrogen functional groups attached to an aromatic ring is 1. The molecule has 1 aliphatic heterocycles. The molecule has 0 radical (unpaired) electrons. The fourth-order valence-electron chi connectivity index (χ4n) is 1.72. The summed E-state index contributed by atoms with van der Waals surface area (Å²) in [4.78, 5) is 14.8. The Morgan fingerprint density at radius 1 is 1.56 bits per heavy atom. The van der Waals surface area contributed by atoms with E-state index in [1.54, 1.807) is 0 Å². The number of nitrogens with one attached hydrogen (secondary N) is 2. The fourth-order valence-corrected chi connectivity index (χ4v) is 2.82. The third-order valence-corrected chi connectivity index (χ3v) is 4.09. The largest absolute Gasteiger partial charge is 0.384 e. The van der Waals surface area contributed by atoms with Gasteiger partial charge in [-0.3, -0.25) is 4.79 Å². The number of hydrogen-bond donors (Lipinski definition) is 3. The Labute approximate surface area is 105 Å². The van der Waals surface area contributed by atoms with Crippen LogP contribution in [0, 0.1) is 0 Å². The van der Waals surface area contributed by atoms with E-state index in [-0.39, 0.29) is 29.2 Å². The van der Waals surface area contributed by atoms with Crippen molar-refractivity contribution in [2.45, 2.75) is 23.8 Å². The number of sulfonamides is 1. The van der Waals surface area contributed by atoms with Crippen molar-refractivity contribution in [3.63, 3.8) is 0 Å². The molecule has 1 saturated heterocycles. The maximum absolute atomic E-state index is 11.9. The Kier molecular flexibility index (Phi) is 3.48. The lowest BCUT2D eigenvalue weighted by atomic mass is 10.2. The second-order valence-corrected chi connectivity index (χ2v) is 5.84. The quantitative estimate of drug-likeness (QED) is 0.664. The number of rotatable bonds is 4. The lowest BCUT2D eigenvalue weighted by Gasteiger charge is -2.11. The molecule has 0 aliphatic carbocycles. The van der Waals surface area contributed by atoms with Crippen molar-refractivity contribution in [2.75, 3.05) is 12.3 Å². The zero-order valence-corrected chi connectivity index (χ0v) is 10.4. The first-order valence-corrected chi connectivity index (χ1v) is 6.96. The van der Waals surface area contributed by atoms with Crippen LogP contribution in [-0.2, 0) is 14.8 Å². The van der Waals surface area contributed by atoms with Crippen LogP contribution in [0.5, 0.6) is 0 Å². The Morgan fingerprint density at radius 2 is 2.33 bits per heavy atom. The van der Waals surface area contributed by atoms with Gasteiger partial charge in [-0.2, -0.15) is 0 Å². The minimum Gasteiger partial charge on any atom is -0.384 e. The Hall–Kier alpha value is -1.67. The maximum atomic E-state index is 11.9. The highest BCUT2D eigenvalue weighted by molar-refractivity contribution is 7.89. The van der Waals surface area contributed by atoms with E-state index < -0.39 is 10.0 Å². The number of carbonyl (C=O) groups excluding carboxylic acids is 1. The first kappa shape index (κ1) is 12.8. The molecule has 1 fully saturated rings. The summed E-state index contributed by atoms with van der Waals surface area (Å²) >= 11 is 0. The number of aromatic nitrogens is 1. The van der Waals surface area contributed by atoms with E-state index in [0.29, 0.717) is 12.8 Å². The molecule has 1 unspecified atom stereocenters. The summed E-state index contributed by atoms with van der Waals surface area (Å²) in [5.74, 6) is 0.0967. The minimum atomic E-state index is -3.61. The molecule has 0 saturated carbocycles. The van der Waals surface area contributed by atoms with Crippen LogP contribution in [0.15, 0.2) is 23.2 Å². The SMILES string of the molecule is Nc1cc(S(=O)(=O)NCC2CCC(=O)N2)ccn1. The van der Waals surface area contributed by atoms with Gasteiger partial charge in [-0.25, -0.2) is 18.1 Å². The predicted molar refractivity (Wildman–Crippen MR) is 65.0 cm³/mol. The van der Waals surface area contributed by atoms with Crippen LogP contribution in [0.3, 0.4) is 0 Å². The summed E-state index contributed by atoms with van der Waals surface area (Å²) in [6, 6.07) is 2.51. The maximum Gasteiger partial charge on any atom is 0.240 e. The van der Waals surface area contributed by atoms with Crippen molar-refractivity contribution in [2.24, 2.45) is 0 Å². The summed E-state index contributed by atoms with van der Waals surface area (Å²) in [5.41, 5.74) is 5.43. The average molecular weight is 270 g/mol. The molecule has 2 heterocycles. The molecule has 1 aliphatic rings. The van der Waals surface area contributed by atoms with E-state index in [1.807, 2.05) is 0 Å². The van der Waals surface area contributed by atoms with E-state index >= 15 is 0 Å². The molecule has 1 atom stereocenters. The van der Waals surface area contributed by atoms with Crippen LogP contribution in [0.4, 0.5) is 5.82 Å². The molecule has 18 heavy (non-hydrogen) atoms. The molecule has 1 amide bonds. The highest BCUT2D eigenvalue weighted by Crippen LogP contribution is 2.11. The van der Waals surface area contributed by atoms with Crippen LogP contribution in [0.25, 0.3) is 0 Å². The molecule has 4 N–H and O–H groups in total. The molecular formula is C10H14N4O3S. The summed E-state index contributed by atoms with van der Waals surface area (Å²) in [7, 11) is -3.61. The van der Waals surface area contributed by atoms with Gasteiger partial charge < -0.3 is 11.1 Å². The smallest absolute Gasteiger partial charge is 0.240 e. The number of hydrogen-bond acceptors (Lipinski definition) is 5. The minimum absolute atomic E-state index is 0.0487. The van der Waals surface area contributed by atoms with Gasteiger partial charge in [0.05, 0.1) is 4.90 Å². The van der Waals surface area contributed by atoms with E-state index in [4.69, 9.17) is 5.73 Å². The van der Waals surface area contributed by atoms with Crippen molar-refractivity contribution in [1.29, 1.82) is 0 Å². The van der Waals surface area contributed by atoms with Crippen molar-refractivity contribution in [1.82, 2.24) is 15.0 Å². The van der Waals surface area contributed by atoms with Gasteiger partial charge in [0.15, 0.2) is 0 Å².